The molecule has 19 heavy (non-hydrogen) atoms. The summed E-state index contributed by atoms with van der Waals surface area (Å²) in [6.45, 7) is 2.12. The number of amides is 1. The van der Waals surface area contributed by atoms with Crippen molar-refractivity contribution in [2.75, 3.05) is 19.6 Å². The highest BCUT2D eigenvalue weighted by atomic mass is 35.5. The average molecular weight is 279 g/mol. The Morgan fingerprint density at radius 2 is 2.32 bits per heavy atom. The molecule has 0 saturated carbocycles. The predicted octanol–water partition coefficient (Wildman–Crippen LogP) is 1.45. The van der Waals surface area contributed by atoms with Gasteiger partial charge in [-0.05, 0) is 18.9 Å². The molecule has 1 fully saturated rings. The molecule has 6 heteroatoms. The summed E-state index contributed by atoms with van der Waals surface area (Å²) in [7, 11) is 0. The topological polar surface area (TPSA) is 69.0 Å². The quantitative estimate of drug-likeness (QED) is 0.850. The van der Waals surface area contributed by atoms with E-state index in [2.05, 4.69) is 21.3 Å². The number of nitriles is 1. The molecule has 0 aliphatic carbocycles. The second kappa shape index (κ2) is 6.50. The molecule has 5 nitrogen and oxygen atoms in total. The first-order chi connectivity index (χ1) is 9.20. The van der Waals surface area contributed by atoms with Gasteiger partial charge in [0.05, 0.1) is 23.2 Å². The maximum atomic E-state index is 12.0. The Balaban J connectivity index is 1.88. The Bertz CT molecular complexity index is 492. The average Bonchev–Trinajstić information content (AvgIpc) is 2.42. The number of piperidine rings is 1. The van der Waals surface area contributed by atoms with E-state index in [1.807, 2.05) is 0 Å². The SMILES string of the molecule is N#CCN1CCC(NC(=O)c2cnccc2Cl)CC1. The summed E-state index contributed by atoms with van der Waals surface area (Å²) >= 11 is 5.96. The molecule has 1 aliphatic rings. The Morgan fingerprint density at radius 3 is 2.95 bits per heavy atom. The molecule has 0 unspecified atom stereocenters. The van der Waals surface area contributed by atoms with E-state index in [0.717, 1.165) is 25.9 Å². The molecule has 0 bridgehead atoms. The molecular formula is C13H15ClN4O. The van der Waals surface area contributed by atoms with Crippen LogP contribution in [0.25, 0.3) is 0 Å². The van der Waals surface area contributed by atoms with Crippen LogP contribution in [0.3, 0.4) is 0 Å². The van der Waals surface area contributed by atoms with Crippen LogP contribution in [0, 0.1) is 11.3 Å². The van der Waals surface area contributed by atoms with Crippen molar-refractivity contribution in [1.29, 1.82) is 5.26 Å². The second-order valence-electron chi connectivity index (χ2n) is 4.54. The van der Waals surface area contributed by atoms with Gasteiger partial charge in [-0.15, -0.1) is 0 Å². The molecule has 1 aromatic heterocycles. The number of likely N-dealkylation sites (tertiary alicyclic amines) is 1. The molecule has 1 amide bonds. The van der Waals surface area contributed by atoms with E-state index in [1.54, 1.807) is 12.3 Å². The van der Waals surface area contributed by atoms with Gasteiger partial charge < -0.3 is 5.32 Å². The lowest BCUT2D eigenvalue weighted by Gasteiger charge is -2.30. The van der Waals surface area contributed by atoms with Crippen molar-refractivity contribution in [2.45, 2.75) is 18.9 Å². The fourth-order valence-electron chi connectivity index (χ4n) is 2.14. The molecule has 100 valence electrons. The molecule has 0 atom stereocenters. The lowest BCUT2D eigenvalue weighted by atomic mass is 10.0. The van der Waals surface area contributed by atoms with Gasteiger partial charge in [0.1, 0.15) is 0 Å². The highest BCUT2D eigenvalue weighted by Crippen LogP contribution is 2.15. The van der Waals surface area contributed by atoms with Crippen molar-refractivity contribution in [1.82, 2.24) is 15.2 Å². The zero-order chi connectivity index (χ0) is 13.7. The first-order valence-electron chi connectivity index (χ1n) is 6.20. The number of nitrogens with zero attached hydrogens (tertiary/aromatic N) is 3. The van der Waals surface area contributed by atoms with Crippen LogP contribution in [0.2, 0.25) is 5.02 Å². The zero-order valence-electron chi connectivity index (χ0n) is 10.5. The second-order valence-corrected chi connectivity index (χ2v) is 4.94. The smallest absolute Gasteiger partial charge is 0.254 e. The van der Waals surface area contributed by atoms with E-state index in [0.29, 0.717) is 17.1 Å². The fourth-order valence-corrected chi connectivity index (χ4v) is 2.33. The van der Waals surface area contributed by atoms with Gasteiger partial charge in [-0.1, -0.05) is 11.6 Å². The van der Waals surface area contributed by atoms with E-state index >= 15 is 0 Å². The Labute approximate surface area is 117 Å². The number of carbonyl (C=O) groups is 1. The Morgan fingerprint density at radius 1 is 1.58 bits per heavy atom. The summed E-state index contributed by atoms with van der Waals surface area (Å²) in [4.78, 5) is 18.0. The first kappa shape index (κ1) is 13.8. The number of aromatic nitrogens is 1. The van der Waals surface area contributed by atoms with Crippen LogP contribution in [0.5, 0.6) is 0 Å². The van der Waals surface area contributed by atoms with Crippen molar-refractivity contribution in [3.05, 3.63) is 29.0 Å². The van der Waals surface area contributed by atoms with Gasteiger partial charge in [0, 0.05) is 31.5 Å². The van der Waals surface area contributed by atoms with E-state index in [-0.39, 0.29) is 11.9 Å². The third kappa shape index (κ3) is 3.66. The number of carbonyl (C=O) groups excluding carboxylic acids is 1. The van der Waals surface area contributed by atoms with Crippen LogP contribution in [0.4, 0.5) is 0 Å². The number of pyridine rings is 1. The maximum Gasteiger partial charge on any atom is 0.254 e. The number of nitrogens with one attached hydrogen (secondary N) is 1. The van der Waals surface area contributed by atoms with Gasteiger partial charge in [0.2, 0.25) is 0 Å². The third-order valence-electron chi connectivity index (χ3n) is 3.23. The monoisotopic (exact) mass is 278 g/mol. The van der Waals surface area contributed by atoms with Crippen molar-refractivity contribution in [3.63, 3.8) is 0 Å². The number of hydrogen-bond acceptors (Lipinski definition) is 4. The minimum atomic E-state index is -0.183. The third-order valence-corrected chi connectivity index (χ3v) is 3.56. The van der Waals surface area contributed by atoms with E-state index in [4.69, 9.17) is 16.9 Å². The molecule has 1 aliphatic heterocycles. The van der Waals surface area contributed by atoms with Gasteiger partial charge in [-0.25, -0.2) is 0 Å². The fraction of sp³-hybridized carbons (Fsp3) is 0.462. The molecule has 0 spiro atoms. The zero-order valence-corrected chi connectivity index (χ0v) is 11.2. The summed E-state index contributed by atoms with van der Waals surface area (Å²) < 4.78 is 0. The first-order valence-corrected chi connectivity index (χ1v) is 6.58. The summed E-state index contributed by atoms with van der Waals surface area (Å²) in [5, 5.41) is 12.0. The normalized spacial score (nSPS) is 16.8. The Kier molecular flexibility index (Phi) is 4.72. The molecule has 1 aromatic rings. The largest absolute Gasteiger partial charge is 0.349 e. The standard InChI is InChI=1S/C13H15ClN4O/c14-12-1-5-16-9-11(12)13(19)17-10-2-6-18(7-3-10)8-4-15/h1,5,9-10H,2-3,6-8H2,(H,17,19). The highest BCUT2D eigenvalue weighted by Gasteiger charge is 2.21. The van der Waals surface area contributed by atoms with E-state index in [1.165, 1.54) is 6.20 Å². The van der Waals surface area contributed by atoms with Crippen LogP contribution in [-0.4, -0.2) is 41.5 Å². The van der Waals surface area contributed by atoms with E-state index in [9.17, 15) is 4.79 Å². The van der Waals surface area contributed by atoms with Gasteiger partial charge >= 0.3 is 0 Å². The molecule has 1 saturated heterocycles. The molecule has 0 radical (unpaired) electrons. The minimum Gasteiger partial charge on any atom is -0.349 e. The van der Waals surface area contributed by atoms with Crippen LogP contribution >= 0.6 is 11.6 Å². The summed E-state index contributed by atoms with van der Waals surface area (Å²) in [5.74, 6) is -0.183. The van der Waals surface area contributed by atoms with Crippen LogP contribution < -0.4 is 5.32 Å². The summed E-state index contributed by atoms with van der Waals surface area (Å²) in [6, 6.07) is 3.88. The number of rotatable bonds is 3. The summed E-state index contributed by atoms with van der Waals surface area (Å²) in [6.07, 6.45) is 4.73. The summed E-state index contributed by atoms with van der Waals surface area (Å²) in [5.41, 5.74) is 0.406. The highest BCUT2D eigenvalue weighted by molar-refractivity contribution is 6.33. The van der Waals surface area contributed by atoms with Crippen LogP contribution in [0.1, 0.15) is 23.2 Å². The molecule has 2 rings (SSSR count). The molecule has 1 N–H and O–H groups in total. The molecule has 0 aromatic carbocycles. The van der Waals surface area contributed by atoms with Gasteiger partial charge in [0.25, 0.3) is 5.91 Å². The predicted molar refractivity (Wildman–Crippen MR) is 71.8 cm³/mol. The van der Waals surface area contributed by atoms with Gasteiger partial charge in [-0.3, -0.25) is 14.7 Å². The van der Waals surface area contributed by atoms with Gasteiger partial charge in [0.15, 0.2) is 0 Å². The van der Waals surface area contributed by atoms with Crippen molar-refractivity contribution < 1.29 is 4.79 Å². The van der Waals surface area contributed by atoms with Crippen molar-refractivity contribution >= 4 is 17.5 Å². The minimum absolute atomic E-state index is 0.138. The van der Waals surface area contributed by atoms with Crippen LogP contribution in [-0.2, 0) is 0 Å². The molecular weight excluding hydrogens is 264 g/mol. The number of hydrogen-bond donors (Lipinski definition) is 1. The lowest BCUT2D eigenvalue weighted by molar-refractivity contribution is 0.0914. The van der Waals surface area contributed by atoms with E-state index < -0.39 is 0 Å². The lowest BCUT2D eigenvalue weighted by Crippen LogP contribution is -2.44. The maximum absolute atomic E-state index is 12.0. The van der Waals surface area contributed by atoms with Crippen LogP contribution in [0.15, 0.2) is 18.5 Å². The van der Waals surface area contributed by atoms with Gasteiger partial charge in [-0.2, -0.15) is 5.26 Å². The molecule has 2 heterocycles. The number of halogens is 1. The van der Waals surface area contributed by atoms with Crippen molar-refractivity contribution in [2.24, 2.45) is 0 Å². The Hall–Kier alpha value is -1.64. The van der Waals surface area contributed by atoms with Crippen molar-refractivity contribution in [3.8, 4) is 6.07 Å².